The zero-order valence-corrected chi connectivity index (χ0v) is 15.7. The third kappa shape index (κ3) is 6.41. The minimum atomic E-state index is -3.65. The molecule has 1 fully saturated rings. The zero-order valence-electron chi connectivity index (χ0n) is 14.9. The van der Waals surface area contributed by atoms with E-state index in [1.54, 1.807) is 0 Å². The van der Waals surface area contributed by atoms with Crippen molar-refractivity contribution in [2.45, 2.75) is 37.0 Å². The van der Waals surface area contributed by atoms with Gasteiger partial charge in [-0.15, -0.1) is 0 Å². The molecule has 1 saturated heterocycles. The van der Waals surface area contributed by atoms with Crippen molar-refractivity contribution in [3.8, 4) is 6.07 Å². The first-order chi connectivity index (χ1) is 12.5. The van der Waals surface area contributed by atoms with Gasteiger partial charge in [-0.25, -0.2) is 13.1 Å². The number of amides is 1. The summed E-state index contributed by atoms with van der Waals surface area (Å²) >= 11 is 0. The Hall–Kier alpha value is -1.95. The Labute approximate surface area is 155 Å². The van der Waals surface area contributed by atoms with Crippen LogP contribution in [0.3, 0.4) is 0 Å². The Morgan fingerprint density at radius 3 is 2.46 bits per heavy atom. The van der Waals surface area contributed by atoms with Gasteiger partial charge in [0.2, 0.25) is 10.0 Å². The van der Waals surface area contributed by atoms with E-state index in [-0.39, 0.29) is 23.8 Å². The average molecular weight is 378 g/mol. The summed E-state index contributed by atoms with van der Waals surface area (Å²) in [5.74, 6) is -0.204. The SMILES string of the molecule is N#CCCNS(=O)(=O)c1ccc(C(=O)NCCCN2CCCCC2)cc1. The Morgan fingerprint density at radius 2 is 1.81 bits per heavy atom. The van der Waals surface area contributed by atoms with E-state index in [9.17, 15) is 13.2 Å². The molecule has 1 aliphatic heterocycles. The monoisotopic (exact) mass is 378 g/mol. The second-order valence-corrected chi connectivity index (χ2v) is 8.11. The number of piperidine rings is 1. The fourth-order valence-corrected chi connectivity index (χ4v) is 3.93. The maximum absolute atomic E-state index is 12.1. The van der Waals surface area contributed by atoms with Crippen molar-refractivity contribution in [2.75, 3.05) is 32.7 Å². The number of nitrogens with zero attached hydrogens (tertiary/aromatic N) is 2. The van der Waals surface area contributed by atoms with Crippen LogP contribution in [0.25, 0.3) is 0 Å². The molecule has 1 heterocycles. The van der Waals surface area contributed by atoms with E-state index in [1.807, 2.05) is 6.07 Å². The summed E-state index contributed by atoms with van der Waals surface area (Å²) in [4.78, 5) is 14.6. The summed E-state index contributed by atoms with van der Waals surface area (Å²) in [6.45, 7) is 3.95. The lowest BCUT2D eigenvalue weighted by atomic mass is 10.1. The van der Waals surface area contributed by atoms with E-state index in [0.29, 0.717) is 12.1 Å². The average Bonchev–Trinajstić information content (AvgIpc) is 2.66. The molecule has 1 amide bonds. The summed E-state index contributed by atoms with van der Waals surface area (Å²) in [5.41, 5.74) is 0.430. The normalized spacial score (nSPS) is 15.3. The van der Waals surface area contributed by atoms with Crippen LogP contribution >= 0.6 is 0 Å². The number of sulfonamides is 1. The lowest BCUT2D eigenvalue weighted by Gasteiger charge is -2.26. The van der Waals surface area contributed by atoms with E-state index < -0.39 is 10.0 Å². The minimum Gasteiger partial charge on any atom is -0.352 e. The fraction of sp³-hybridized carbons (Fsp3) is 0.556. The number of carbonyl (C=O) groups excluding carboxylic acids is 1. The van der Waals surface area contributed by atoms with Crippen LogP contribution in [-0.2, 0) is 10.0 Å². The van der Waals surface area contributed by atoms with E-state index in [2.05, 4.69) is 14.9 Å². The third-order valence-electron chi connectivity index (χ3n) is 4.34. The van der Waals surface area contributed by atoms with Gasteiger partial charge < -0.3 is 10.2 Å². The highest BCUT2D eigenvalue weighted by molar-refractivity contribution is 7.89. The van der Waals surface area contributed by atoms with Crippen molar-refractivity contribution in [1.82, 2.24) is 14.9 Å². The number of benzene rings is 1. The third-order valence-corrected chi connectivity index (χ3v) is 5.82. The molecule has 2 N–H and O–H groups in total. The first kappa shape index (κ1) is 20.4. The van der Waals surface area contributed by atoms with Crippen LogP contribution in [-0.4, -0.2) is 51.9 Å². The summed E-state index contributed by atoms with van der Waals surface area (Å²) < 4.78 is 26.4. The second-order valence-electron chi connectivity index (χ2n) is 6.34. The maximum Gasteiger partial charge on any atom is 0.251 e. The van der Waals surface area contributed by atoms with E-state index in [1.165, 1.54) is 43.5 Å². The van der Waals surface area contributed by atoms with Gasteiger partial charge in [0.1, 0.15) is 0 Å². The molecule has 0 aliphatic carbocycles. The smallest absolute Gasteiger partial charge is 0.251 e. The van der Waals surface area contributed by atoms with Crippen molar-refractivity contribution >= 4 is 15.9 Å². The molecule has 1 aliphatic rings. The molecule has 1 aromatic rings. The largest absolute Gasteiger partial charge is 0.352 e. The number of nitriles is 1. The molecule has 8 heteroatoms. The van der Waals surface area contributed by atoms with Crippen LogP contribution in [0.2, 0.25) is 0 Å². The van der Waals surface area contributed by atoms with Crippen LogP contribution in [0.15, 0.2) is 29.2 Å². The predicted molar refractivity (Wildman–Crippen MR) is 99.1 cm³/mol. The van der Waals surface area contributed by atoms with Gasteiger partial charge in [-0.1, -0.05) is 6.42 Å². The van der Waals surface area contributed by atoms with E-state index in [0.717, 1.165) is 26.1 Å². The molecule has 0 unspecified atom stereocenters. The van der Waals surface area contributed by atoms with Gasteiger partial charge in [-0.3, -0.25) is 4.79 Å². The van der Waals surface area contributed by atoms with Crippen molar-refractivity contribution in [1.29, 1.82) is 5.26 Å². The second kappa shape index (κ2) is 10.3. The lowest BCUT2D eigenvalue weighted by Crippen LogP contribution is -2.33. The van der Waals surface area contributed by atoms with Crippen molar-refractivity contribution in [3.63, 3.8) is 0 Å². The van der Waals surface area contributed by atoms with Crippen LogP contribution in [0.1, 0.15) is 42.5 Å². The molecule has 0 radical (unpaired) electrons. The minimum absolute atomic E-state index is 0.0675. The highest BCUT2D eigenvalue weighted by Gasteiger charge is 2.14. The number of rotatable bonds is 9. The summed E-state index contributed by atoms with van der Waals surface area (Å²) in [7, 11) is -3.65. The van der Waals surface area contributed by atoms with Gasteiger partial charge in [-0.05, 0) is 63.2 Å². The number of hydrogen-bond acceptors (Lipinski definition) is 5. The van der Waals surface area contributed by atoms with Gasteiger partial charge in [0.15, 0.2) is 0 Å². The molecule has 0 spiro atoms. The molecule has 142 valence electrons. The van der Waals surface area contributed by atoms with Crippen LogP contribution in [0, 0.1) is 11.3 Å². The maximum atomic E-state index is 12.1. The van der Waals surface area contributed by atoms with Gasteiger partial charge >= 0.3 is 0 Å². The quantitative estimate of drug-likeness (QED) is 0.634. The Kier molecular flexibility index (Phi) is 8.04. The Bertz CT molecular complexity index is 720. The van der Waals surface area contributed by atoms with Crippen molar-refractivity contribution in [3.05, 3.63) is 29.8 Å². The highest BCUT2D eigenvalue weighted by Crippen LogP contribution is 2.11. The molecule has 7 nitrogen and oxygen atoms in total. The molecule has 1 aromatic carbocycles. The van der Waals surface area contributed by atoms with Crippen LogP contribution in [0.5, 0.6) is 0 Å². The number of nitrogens with one attached hydrogen (secondary N) is 2. The van der Waals surface area contributed by atoms with Gasteiger partial charge in [0, 0.05) is 25.1 Å². The molecule has 0 atom stereocenters. The number of carbonyl (C=O) groups is 1. The molecular formula is C18H26N4O3S. The van der Waals surface area contributed by atoms with Crippen molar-refractivity contribution < 1.29 is 13.2 Å². The highest BCUT2D eigenvalue weighted by atomic mass is 32.2. The van der Waals surface area contributed by atoms with Crippen LogP contribution < -0.4 is 10.0 Å². The molecule has 26 heavy (non-hydrogen) atoms. The molecule has 0 aromatic heterocycles. The first-order valence-electron chi connectivity index (χ1n) is 9.00. The molecule has 0 saturated carbocycles. The van der Waals surface area contributed by atoms with Gasteiger partial charge in [-0.2, -0.15) is 5.26 Å². The van der Waals surface area contributed by atoms with E-state index in [4.69, 9.17) is 5.26 Å². The van der Waals surface area contributed by atoms with E-state index >= 15 is 0 Å². The fourth-order valence-electron chi connectivity index (χ4n) is 2.90. The van der Waals surface area contributed by atoms with Gasteiger partial charge in [0.25, 0.3) is 5.91 Å². The number of hydrogen-bond donors (Lipinski definition) is 2. The number of likely N-dealkylation sites (tertiary alicyclic amines) is 1. The lowest BCUT2D eigenvalue weighted by molar-refractivity contribution is 0.0951. The van der Waals surface area contributed by atoms with Crippen molar-refractivity contribution in [2.24, 2.45) is 0 Å². The topological polar surface area (TPSA) is 102 Å². The Morgan fingerprint density at radius 1 is 1.12 bits per heavy atom. The summed E-state index contributed by atoms with van der Waals surface area (Å²) in [6.07, 6.45) is 4.84. The van der Waals surface area contributed by atoms with Crippen LogP contribution in [0.4, 0.5) is 0 Å². The Balaban J connectivity index is 1.77. The standard InChI is InChI=1S/C18H26N4O3S/c19-10-4-12-21-26(24,25)17-8-6-16(7-9-17)18(23)20-11-5-15-22-13-2-1-3-14-22/h6-9,21H,1-5,11-15H2,(H,20,23). The molecule has 0 bridgehead atoms. The summed E-state index contributed by atoms with van der Waals surface area (Å²) in [6, 6.07) is 7.68. The molecule has 2 rings (SSSR count). The first-order valence-corrected chi connectivity index (χ1v) is 10.5. The van der Waals surface area contributed by atoms with Gasteiger partial charge in [0.05, 0.1) is 11.0 Å². The summed E-state index contributed by atoms with van der Waals surface area (Å²) in [5, 5.41) is 11.3. The molecular weight excluding hydrogens is 352 g/mol. The predicted octanol–water partition coefficient (Wildman–Crippen LogP) is 1.48. The zero-order chi connectivity index (χ0) is 18.8.